The fraction of sp³-hybridized carbons (Fsp3) is 0. The van der Waals surface area contributed by atoms with Crippen LogP contribution in [0.25, 0.3) is 0 Å². The van der Waals surface area contributed by atoms with Crippen molar-refractivity contribution in [3.63, 3.8) is 0 Å². The number of hydrogen-bond donors (Lipinski definition) is 0. The molecular weight excluding hydrogens is 368 g/mol. The van der Waals surface area contributed by atoms with E-state index in [1.54, 1.807) is 18.2 Å². The van der Waals surface area contributed by atoms with Crippen LogP contribution in [0.1, 0.15) is 20.7 Å². The van der Waals surface area contributed by atoms with Gasteiger partial charge in [0, 0.05) is 15.6 Å². The average Bonchev–Trinajstić information content (AvgIpc) is 2.03. The summed E-state index contributed by atoms with van der Waals surface area (Å²) in [5, 5.41) is 0. The normalized spacial score (nSPS) is 9.77. The third kappa shape index (κ3) is 2.48. The van der Waals surface area contributed by atoms with Crippen LogP contribution in [-0.4, -0.2) is 9.39 Å². The molecule has 0 saturated carbocycles. The highest BCUT2D eigenvalue weighted by Crippen LogP contribution is 2.25. The van der Waals surface area contributed by atoms with E-state index in [1.807, 2.05) is 0 Å². The van der Waals surface area contributed by atoms with Crippen LogP contribution in [0.2, 0.25) is 0 Å². The second-order valence-corrected chi connectivity index (χ2v) is 4.45. The van der Waals surface area contributed by atoms with Gasteiger partial charge in [-0.05, 0) is 59.9 Å². The molecule has 1 aromatic rings. The van der Waals surface area contributed by atoms with E-state index in [2.05, 4.69) is 47.8 Å². The Kier molecular flexibility index (Phi) is 3.82. The van der Waals surface area contributed by atoms with Crippen molar-refractivity contribution in [1.29, 1.82) is 0 Å². The SMILES string of the molecule is O=C(Br)c1cccc(C(=O)Br)c1Br. The molecule has 0 bridgehead atoms. The van der Waals surface area contributed by atoms with Crippen molar-refractivity contribution < 1.29 is 9.59 Å². The van der Waals surface area contributed by atoms with Crippen LogP contribution in [0.3, 0.4) is 0 Å². The lowest BCUT2D eigenvalue weighted by atomic mass is 10.1. The molecule has 0 saturated heterocycles. The molecule has 13 heavy (non-hydrogen) atoms. The highest BCUT2D eigenvalue weighted by Gasteiger charge is 2.13. The standard InChI is InChI=1S/C8H3Br3O2/c9-6-4(7(10)12)2-1-3-5(6)8(11)13/h1-3H. The van der Waals surface area contributed by atoms with Crippen molar-refractivity contribution in [1.82, 2.24) is 0 Å². The van der Waals surface area contributed by atoms with Crippen molar-refractivity contribution in [2.45, 2.75) is 0 Å². The maximum atomic E-state index is 11.0. The van der Waals surface area contributed by atoms with Gasteiger partial charge in [0.2, 0.25) is 9.39 Å². The van der Waals surface area contributed by atoms with Crippen LogP contribution in [0.5, 0.6) is 0 Å². The first-order valence-corrected chi connectivity index (χ1v) is 5.60. The molecule has 0 aromatic heterocycles. The smallest absolute Gasteiger partial charge is 0.229 e. The number of halogens is 3. The lowest BCUT2D eigenvalue weighted by Crippen LogP contribution is -1.96. The van der Waals surface area contributed by atoms with Crippen LogP contribution in [0.4, 0.5) is 0 Å². The van der Waals surface area contributed by atoms with Gasteiger partial charge < -0.3 is 0 Å². The molecule has 0 N–H and O–H groups in total. The molecule has 2 nitrogen and oxygen atoms in total. The Morgan fingerprint density at radius 2 is 1.38 bits per heavy atom. The molecule has 0 radical (unpaired) electrons. The number of rotatable bonds is 2. The first-order chi connectivity index (χ1) is 6.04. The van der Waals surface area contributed by atoms with Crippen LogP contribution in [-0.2, 0) is 0 Å². The van der Waals surface area contributed by atoms with E-state index in [-0.39, 0.29) is 9.39 Å². The number of carbonyl (C=O) groups is 2. The quantitative estimate of drug-likeness (QED) is 0.746. The molecule has 5 heteroatoms. The summed E-state index contributed by atoms with van der Waals surface area (Å²) in [4.78, 5) is 22.0. The van der Waals surface area contributed by atoms with E-state index >= 15 is 0 Å². The molecule has 0 unspecified atom stereocenters. The topological polar surface area (TPSA) is 34.1 Å². The number of carbonyl (C=O) groups excluding carboxylic acids is 2. The van der Waals surface area contributed by atoms with Crippen LogP contribution < -0.4 is 0 Å². The molecule has 68 valence electrons. The first kappa shape index (κ1) is 11.1. The fourth-order valence-corrected chi connectivity index (χ4v) is 2.65. The molecule has 0 aliphatic rings. The summed E-state index contributed by atoms with van der Waals surface area (Å²) >= 11 is 8.82. The lowest BCUT2D eigenvalue weighted by Gasteiger charge is -2.02. The zero-order chi connectivity index (χ0) is 10.0. The molecule has 1 aromatic carbocycles. The Balaban J connectivity index is 3.35. The van der Waals surface area contributed by atoms with E-state index in [9.17, 15) is 9.59 Å². The molecule has 1 rings (SSSR count). The van der Waals surface area contributed by atoms with Crippen molar-refractivity contribution in [2.75, 3.05) is 0 Å². The third-order valence-electron chi connectivity index (χ3n) is 1.42. The van der Waals surface area contributed by atoms with Gasteiger partial charge in [0.1, 0.15) is 0 Å². The number of hydrogen-bond acceptors (Lipinski definition) is 2. The van der Waals surface area contributed by atoms with E-state index < -0.39 is 0 Å². The minimum Gasteiger partial charge on any atom is -0.281 e. The molecule has 0 spiro atoms. The molecule has 0 aliphatic heterocycles. The van der Waals surface area contributed by atoms with Crippen LogP contribution >= 0.6 is 47.8 Å². The van der Waals surface area contributed by atoms with E-state index in [0.717, 1.165) is 0 Å². The summed E-state index contributed by atoms with van der Waals surface area (Å²) in [7, 11) is 0. The Labute approximate surface area is 100 Å². The minimum atomic E-state index is -0.255. The van der Waals surface area contributed by atoms with Gasteiger partial charge >= 0.3 is 0 Å². The Morgan fingerprint density at radius 1 is 1.00 bits per heavy atom. The summed E-state index contributed by atoms with van der Waals surface area (Å²) in [6, 6.07) is 4.90. The maximum absolute atomic E-state index is 11.0. The van der Waals surface area contributed by atoms with Crippen molar-refractivity contribution in [3.8, 4) is 0 Å². The Morgan fingerprint density at radius 3 is 1.69 bits per heavy atom. The van der Waals surface area contributed by atoms with Gasteiger partial charge in [0.05, 0.1) is 0 Å². The highest BCUT2D eigenvalue weighted by molar-refractivity contribution is 9.18. The number of benzene rings is 1. The largest absolute Gasteiger partial charge is 0.281 e. The maximum Gasteiger partial charge on any atom is 0.229 e. The minimum absolute atomic E-state index is 0.255. The summed E-state index contributed by atoms with van der Waals surface area (Å²) in [6.07, 6.45) is 0. The van der Waals surface area contributed by atoms with Crippen molar-refractivity contribution in [2.24, 2.45) is 0 Å². The molecular formula is C8H3Br3O2. The monoisotopic (exact) mass is 368 g/mol. The van der Waals surface area contributed by atoms with Gasteiger partial charge in [-0.1, -0.05) is 6.07 Å². The Bertz CT molecular complexity index is 341. The first-order valence-electron chi connectivity index (χ1n) is 3.22. The lowest BCUT2D eigenvalue weighted by molar-refractivity contribution is 0.109. The predicted octanol–water partition coefficient (Wildman–Crippen LogP) is 3.52. The zero-order valence-electron chi connectivity index (χ0n) is 6.18. The Hall–Kier alpha value is -0.000000000000000111. The molecule has 0 fully saturated rings. The van der Waals surface area contributed by atoms with Gasteiger partial charge in [-0.3, -0.25) is 9.59 Å². The third-order valence-corrected chi connectivity index (χ3v) is 3.13. The van der Waals surface area contributed by atoms with Crippen molar-refractivity contribution >= 4 is 57.2 Å². The van der Waals surface area contributed by atoms with Gasteiger partial charge in [-0.2, -0.15) is 0 Å². The van der Waals surface area contributed by atoms with Crippen LogP contribution in [0.15, 0.2) is 22.7 Å². The molecule has 0 amide bonds. The summed E-state index contributed by atoms with van der Waals surface area (Å²) in [6.45, 7) is 0. The summed E-state index contributed by atoms with van der Waals surface area (Å²) in [5.74, 6) is 0. The average molecular weight is 371 g/mol. The molecule has 0 heterocycles. The van der Waals surface area contributed by atoms with Gasteiger partial charge in [0.15, 0.2) is 0 Å². The summed E-state index contributed by atoms with van der Waals surface area (Å²) < 4.78 is -0.0105. The van der Waals surface area contributed by atoms with Gasteiger partial charge in [-0.25, -0.2) is 0 Å². The predicted molar refractivity (Wildman–Crippen MR) is 60.7 cm³/mol. The zero-order valence-corrected chi connectivity index (χ0v) is 10.9. The van der Waals surface area contributed by atoms with Crippen molar-refractivity contribution in [3.05, 3.63) is 33.8 Å². The van der Waals surface area contributed by atoms with E-state index in [1.165, 1.54) is 0 Å². The second-order valence-electron chi connectivity index (χ2n) is 2.21. The second kappa shape index (κ2) is 4.48. The van der Waals surface area contributed by atoms with Crippen LogP contribution in [0, 0.1) is 0 Å². The highest BCUT2D eigenvalue weighted by atomic mass is 79.9. The molecule has 0 atom stereocenters. The summed E-state index contributed by atoms with van der Waals surface area (Å²) in [5.41, 5.74) is 0.871. The van der Waals surface area contributed by atoms with Gasteiger partial charge in [0.25, 0.3) is 0 Å². The van der Waals surface area contributed by atoms with E-state index in [0.29, 0.717) is 15.6 Å². The van der Waals surface area contributed by atoms with E-state index in [4.69, 9.17) is 0 Å². The fourth-order valence-electron chi connectivity index (χ4n) is 0.836. The van der Waals surface area contributed by atoms with Gasteiger partial charge in [-0.15, -0.1) is 0 Å². The molecule has 0 aliphatic carbocycles.